The fraction of sp³-hybridized carbons (Fsp3) is 0.417. The number of esters is 1. The summed E-state index contributed by atoms with van der Waals surface area (Å²) in [6.07, 6.45) is 0.774. The lowest BCUT2D eigenvalue weighted by Crippen LogP contribution is -2.19. The first-order valence-corrected chi connectivity index (χ1v) is 6.93. The summed E-state index contributed by atoms with van der Waals surface area (Å²) in [5.41, 5.74) is 0. The Balaban J connectivity index is 2.66. The van der Waals surface area contributed by atoms with E-state index < -0.39 is 0 Å². The van der Waals surface area contributed by atoms with Gasteiger partial charge in [0, 0.05) is 9.37 Å². The maximum Gasteiger partial charge on any atom is 0.319 e. The molecule has 4 heteroatoms. The summed E-state index contributed by atoms with van der Waals surface area (Å²) in [7, 11) is 0. The molecule has 0 fully saturated rings. The number of rotatable bonds is 5. The number of benzene rings is 1. The second-order valence-electron chi connectivity index (χ2n) is 3.22. The maximum atomic E-state index is 11.6. The molecule has 0 aliphatic carbocycles. The van der Waals surface area contributed by atoms with Crippen molar-refractivity contribution in [2.75, 3.05) is 6.61 Å². The van der Waals surface area contributed by atoms with Gasteiger partial charge in [-0.25, -0.2) is 0 Å². The molecule has 0 aliphatic rings. The molecule has 0 amide bonds. The van der Waals surface area contributed by atoms with Crippen LogP contribution in [-0.4, -0.2) is 17.8 Å². The van der Waals surface area contributed by atoms with Gasteiger partial charge in [-0.1, -0.05) is 28.9 Å². The lowest BCUT2D eigenvalue weighted by atomic mass is 10.3. The van der Waals surface area contributed by atoms with Crippen LogP contribution in [-0.2, 0) is 9.53 Å². The first-order valence-electron chi connectivity index (χ1n) is 5.26. The topological polar surface area (TPSA) is 26.3 Å². The lowest BCUT2D eigenvalue weighted by molar-refractivity contribution is -0.142. The SMILES string of the molecule is CCOC(=O)C(CC)Sc1cccc(Br)c1. The third-order valence-corrected chi connectivity index (χ3v) is 3.82. The second-order valence-corrected chi connectivity index (χ2v) is 5.42. The molecule has 0 bridgehead atoms. The first kappa shape index (κ1) is 13.6. The quantitative estimate of drug-likeness (QED) is 0.610. The number of ether oxygens (including phenoxy) is 1. The average molecular weight is 303 g/mol. The van der Waals surface area contributed by atoms with Gasteiger partial charge in [-0.15, -0.1) is 11.8 Å². The van der Waals surface area contributed by atoms with Crippen LogP contribution >= 0.6 is 27.7 Å². The van der Waals surface area contributed by atoms with Crippen LogP contribution in [0.15, 0.2) is 33.6 Å². The Morgan fingerprint density at radius 3 is 2.81 bits per heavy atom. The average Bonchev–Trinajstić information content (AvgIpc) is 2.26. The Morgan fingerprint density at radius 1 is 1.50 bits per heavy atom. The van der Waals surface area contributed by atoms with E-state index in [9.17, 15) is 4.79 Å². The van der Waals surface area contributed by atoms with E-state index in [-0.39, 0.29) is 11.2 Å². The van der Waals surface area contributed by atoms with E-state index in [4.69, 9.17) is 4.74 Å². The summed E-state index contributed by atoms with van der Waals surface area (Å²) in [5, 5.41) is -0.116. The van der Waals surface area contributed by atoms with Crippen molar-refractivity contribution in [1.82, 2.24) is 0 Å². The summed E-state index contributed by atoms with van der Waals surface area (Å²) >= 11 is 4.96. The predicted molar refractivity (Wildman–Crippen MR) is 70.7 cm³/mol. The second kappa shape index (κ2) is 6.97. The molecule has 1 rings (SSSR count). The summed E-state index contributed by atoms with van der Waals surface area (Å²) in [5.74, 6) is -0.130. The zero-order chi connectivity index (χ0) is 12.0. The van der Waals surface area contributed by atoms with Crippen LogP contribution in [0.4, 0.5) is 0 Å². The molecule has 0 saturated carbocycles. The van der Waals surface area contributed by atoms with Gasteiger partial charge >= 0.3 is 5.97 Å². The smallest absolute Gasteiger partial charge is 0.319 e. The van der Waals surface area contributed by atoms with Crippen molar-refractivity contribution in [1.29, 1.82) is 0 Å². The third-order valence-electron chi connectivity index (χ3n) is 1.99. The van der Waals surface area contributed by atoms with Crippen molar-refractivity contribution in [2.24, 2.45) is 0 Å². The molecule has 0 aliphatic heterocycles. The van der Waals surface area contributed by atoms with E-state index in [0.29, 0.717) is 6.61 Å². The minimum Gasteiger partial charge on any atom is -0.465 e. The Hall–Kier alpha value is -0.480. The third kappa shape index (κ3) is 4.18. The van der Waals surface area contributed by atoms with Crippen molar-refractivity contribution in [2.45, 2.75) is 30.4 Å². The molecule has 88 valence electrons. The fourth-order valence-electron chi connectivity index (χ4n) is 1.24. The van der Waals surface area contributed by atoms with Crippen LogP contribution in [0.3, 0.4) is 0 Å². The van der Waals surface area contributed by atoms with Gasteiger partial charge in [0.25, 0.3) is 0 Å². The van der Waals surface area contributed by atoms with E-state index in [1.54, 1.807) is 11.8 Å². The highest BCUT2D eigenvalue weighted by Gasteiger charge is 2.18. The maximum absolute atomic E-state index is 11.6. The van der Waals surface area contributed by atoms with Gasteiger partial charge in [0.15, 0.2) is 0 Å². The molecular formula is C12H15BrO2S. The van der Waals surface area contributed by atoms with Gasteiger partial charge in [0.1, 0.15) is 5.25 Å². The van der Waals surface area contributed by atoms with Crippen molar-refractivity contribution < 1.29 is 9.53 Å². The molecule has 0 heterocycles. The monoisotopic (exact) mass is 302 g/mol. The van der Waals surface area contributed by atoms with E-state index in [0.717, 1.165) is 15.8 Å². The van der Waals surface area contributed by atoms with Crippen LogP contribution < -0.4 is 0 Å². The van der Waals surface area contributed by atoms with Crippen molar-refractivity contribution in [3.63, 3.8) is 0 Å². The van der Waals surface area contributed by atoms with Crippen molar-refractivity contribution >= 4 is 33.7 Å². The molecule has 1 atom stereocenters. The number of carbonyl (C=O) groups excluding carboxylic acids is 1. The minimum atomic E-state index is -0.130. The van der Waals surface area contributed by atoms with Gasteiger partial charge in [-0.3, -0.25) is 4.79 Å². The summed E-state index contributed by atoms with van der Waals surface area (Å²) in [4.78, 5) is 12.7. The van der Waals surface area contributed by atoms with E-state index in [1.807, 2.05) is 38.1 Å². The molecular weight excluding hydrogens is 288 g/mol. The van der Waals surface area contributed by atoms with Gasteiger partial charge in [-0.2, -0.15) is 0 Å². The zero-order valence-electron chi connectivity index (χ0n) is 9.40. The van der Waals surface area contributed by atoms with Gasteiger partial charge in [-0.05, 0) is 31.5 Å². The Kier molecular flexibility index (Phi) is 5.91. The Bertz CT molecular complexity index is 355. The number of hydrogen-bond donors (Lipinski definition) is 0. The summed E-state index contributed by atoms with van der Waals surface area (Å²) in [6, 6.07) is 7.93. The number of carbonyl (C=O) groups is 1. The van der Waals surface area contributed by atoms with E-state index in [2.05, 4.69) is 15.9 Å². The summed E-state index contributed by atoms with van der Waals surface area (Å²) < 4.78 is 6.05. The highest BCUT2D eigenvalue weighted by molar-refractivity contribution is 9.10. The molecule has 0 spiro atoms. The van der Waals surface area contributed by atoms with Crippen molar-refractivity contribution in [3.8, 4) is 0 Å². The molecule has 2 nitrogen and oxygen atoms in total. The largest absolute Gasteiger partial charge is 0.465 e. The standard InChI is InChI=1S/C12H15BrO2S/c1-3-11(12(14)15-4-2)16-10-7-5-6-9(13)8-10/h5-8,11H,3-4H2,1-2H3. The number of thioether (sulfide) groups is 1. The number of hydrogen-bond acceptors (Lipinski definition) is 3. The van der Waals surface area contributed by atoms with Crippen LogP contribution in [0.1, 0.15) is 20.3 Å². The minimum absolute atomic E-state index is 0.116. The molecule has 1 aromatic rings. The molecule has 0 radical (unpaired) electrons. The fourth-order valence-corrected chi connectivity index (χ4v) is 2.80. The van der Waals surface area contributed by atoms with Crippen LogP contribution in [0.2, 0.25) is 0 Å². The van der Waals surface area contributed by atoms with Crippen LogP contribution in [0.25, 0.3) is 0 Å². The van der Waals surface area contributed by atoms with Crippen molar-refractivity contribution in [3.05, 3.63) is 28.7 Å². The van der Waals surface area contributed by atoms with Crippen LogP contribution in [0.5, 0.6) is 0 Å². The molecule has 0 N–H and O–H groups in total. The molecule has 0 aromatic heterocycles. The molecule has 1 unspecified atom stereocenters. The predicted octanol–water partition coefficient (Wildman–Crippen LogP) is 3.88. The molecule has 1 aromatic carbocycles. The molecule has 16 heavy (non-hydrogen) atoms. The van der Waals surface area contributed by atoms with E-state index >= 15 is 0 Å². The highest BCUT2D eigenvalue weighted by Crippen LogP contribution is 2.28. The van der Waals surface area contributed by atoms with E-state index in [1.165, 1.54) is 0 Å². The number of halogens is 1. The van der Waals surface area contributed by atoms with Gasteiger partial charge in [0.05, 0.1) is 6.61 Å². The van der Waals surface area contributed by atoms with Gasteiger partial charge < -0.3 is 4.74 Å². The lowest BCUT2D eigenvalue weighted by Gasteiger charge is -2.13. The highest BCUT2D eigenvalue weighted by atomic mass is 79.9. The Labute approximate surface area is 109 Å². The Morgan fingerprint density at radius 2 is 2.25 bits per heavy atom. The molecule has 0 saturated heterocycles. The summed E-state index contributed by atoms with van der Waals surface area (Å²) in [6.45, 7) is 4.26. The van der Waals surface area contributed by atoms with Gasteiger partial charge in [0.2, 0.25) is 0 Å². The zero-order valence-corrected chi connectivity index (χ0v) is 11.8. The first-order chi connectivity index (χ1) is 7.67. The normalized spacial score (nSPS) is 12.2. The van der Waals surface area contributed by atoms with Crippen LogP contribution in [0, 0.1) is 0 Å².